The van der Waals surface area contributed by atoms with Crippen LogP contribution in [0.4, 0.5) is 0 Å². The molecule has 4 heteroatoms. The van der Waals surface area contributed by atoms with Crippen molar-refractivity contribution in [2.45, 2.75) is 51.9 Å². The summed E-state index contributed by atoms with van der Waals surface area (Å²) >= 11 is 0. The molecule has 102 valence electrons. The fourth-order valence-corrected chi connectivity index (χ4v) is 2.06. The van der Waals surface area contributed by atoms with Crippen molar-refractivity contribution >= 4 is 0 Å². The molecule has 2 aliphatic heterocycles. The smallest absolute Gasteiger partial charge is 0.0781 e. The van der Waals surface area contributed by atoms with Crippen LogP contribution in [0.5, 0.6) is 0 Å². The van der Waals surface area contributed by atoms with Crippen LogP contribution in [0.15, 0.2) is 0 Å². The first-order chi connectivity index (χ1) is 8.09. The summed E-state index contributed by atoms with van der Waals surface area (Å²) in [6, 6.07) is 0.593. The zero-order valence-electron chi connectivity index (χ0n) is 11.4. The summed E-state index contributed by atoms with van der Waals surface area (Å²) in [6.45, 7) is 10.7. The van der Waals surface area contributed by atoms with E-state index in [9.17, 15) is 5.11 Å². The minimum atomic E-state index is -0.0730. The summed E-state index contributed by atoms with van der Waals surface area (Å²) in [5.74, 6) is 0. The lowest BCUT2D eigenvalue weighted by atomic mass is 10.1. The van der Waals surface area contributed by atoms with Crippen molar-refractivity contribution in [1.82, 2.24) is 4.90 Å². The number of rotatable bonds is 1. The van der Waals surface area contributed by atoms with E-state index in [1.165, 1.54) is 0 Å². The van der Waals surface area contributed by atoms with Gasteiger partial charge in [-0.3, -0.25) is 4.90 Å². The molecule has 0 saturated carbocycles. The van der Waals surface area contributed by atoms with E-state index in [1.54, 1.807) is 0 Å². The summed E-state index contributed by atoms with van der Waals surface area (Å²) in [5.41, 5.74) is 0. The van der Waals surface area contributed by atoms with Crippen LogP contribution in [0.2, 0.25) is 0 Å². The third kappa shape index (κ3) is 6.36. The van der Waals surface area contributed by atoms with Crippen LogP contribution < -0.4 is 0 Å². The number of likely N-dealkylation sites (tertiary alicyclic amines) is 1. The summed E-state index contributed by atoms with van der Waals surface area (Å²) in [6.07, 6.45) is 2.38. The number of ether oxygens (including phenoxy) is 2. The van der Waals surface area contributed by atoms with Gasteiger partial charge in [-0.1, -0.05) is 0 Å². The molecule has 2 atom stereocenters. The van der Waals surface area contributed by atoms with Crippen LogP contribution >= 0.6 is 0 Å². The van der Waals surface area contributed by atoms with E-state index < -0.39 is 0 Å². The van der Waals surface area contributed by atoms with E-state index in [-0.39, 0.29) is 6.10 Å². The third-order valence-corrected chi connectivity index (χ3v) is 3.14. The summed E-state index contributed by atoms with van der Waals surface area (Å²) in [7, 11) is 0. The molecule has 2 aliphatic rings. The molecular formula is C13H27NO3. The molecule has 1 N–H and O–H groups in total. The predicted octanol–water partition coefficient (Wildman–Crippen LogP) is 1.27. The second-order valence-electron chi connectivity index (χ2n) is 5.14. The van der Waals surface area contributed by atoms with Crippen LogP contribution in [0.1, 0.15) is 33.6 Å². The van der Waals surface area contributed by atoms with E-state index >= 15 is 0 Å². The Labute approximate surface area is 105 Å². The minimum absolute atomic E-state index is 0.0730. The van der Waals surface area contributed by atoms with Crippen molar-refractivity contribution in [3.8, 4) is 0 Å². The average molecular weight is 245 g/mol. The van der Waals surface area contributed by atoms with Gasteiger partial charge in [0.15, 0.2) is 0 Å². The molecular weight excluding hydrogens is 218 g/mol. The number of β-amino-alcohol motifs (C(OH)–C–C–N with tert-alkyl or cyclic N) is 1. The molecule has 0 aromatic carbocycles. The Morgan fingerprint density at radius 2 is 2.06 bits per heavy atom. The number of piperidine rings is 1. The topological polar surface area (TPSA) is 41.9 Å². The largest absolute Gasteiger partial charge is 0.392 e. The standard InChI is InChI=1S/C8H17NO.C5H10O2/c1-7(2)9-5-3-4-8(10)6-9;1-5-4-6-2-3-7-5/h7-8,10H,3-6H2,1-2H3;5H,2-4H2,1H3/t;5-/m.0/s1. The van der Waals surface area contributed by atoms with Gasteiger partial charge < -0.3 is 14.6 Å². The van der Waals surface area contributed by atoms with E-state index in [4.69, 9.17) is 9.47 Å². The van der Waals surface area contributed by atoms with Crippen LogP contribution in [0.25, 0.3) is 0 Å². The van der Waals surface area contributed by atoms with Gasteiger partial charge in [0, 0.05) is 12.6 Å². The van der Waals surface area contributed by atoms with Gasteiger partial charge in [0.25, 0.3) is 0 Å². The van der Waals surface area contributed by atoms with E-state index in [2.05, 4.69) is 18.7 Å². The van der Waals surface area contributed by atoms with Crippen molar-refractivity contribution in [3.63, 3.8) is 0 Å². The maximum atomic E-state index is 9.29. The van der Waals surface area contributed by atoms with Crippen molar-refractivity contribution < 1.29 is 14.6 Å². The number of aliphatic hydroxyl groups is 1. The molecule has 2 fully saturated rings. The van der Waals surface area contributed by atoms with Gasteiger partial charge in [0.2, 0.25) is 0 Å². The number of hydrogen-bond donors (Lipinski definition) is 1. The first-order valence-electron chi connectivity index (χ1n) is 6.71. The number of nitrogens with zero attached hydrogens (tertiary/aromatic N) is 1. The van der Waals surface area contributed by atoms with Crippen molar-refractivity contribution in [3.05, 3.63) is 0 Å². The molecule has 0 radical (unpaired) electrons. The van der Waals surface area contributed by atoms with Crippen molar-refractivity contribution in [2.75, 3.05) is 32.9 Å². The Bertz CT molecular complexity index is 193. The Hall–Kier alpha value is -0.160. The number of aliphatic hydroxyl groups excluding tert-OH is 1. The summed E-state index contributed by atoms with van der Waals surface area (Å²) in [5, 5.41) is 9.29. The maximum absolute atomic E-state index is 9.29. The highest BCUT2D eigenvalue weighted by molar-refractivity contribution is 4.73. The van der Waals surface area contributed by atoms with E-state index in [0.717, 1.165) is 45.8 Å². The van der Waals surface area contributed by atoms with Gasteiger partial charge in [-0.2, -0.15) is 0 Å². The Balaban J connectivity index is 0.000000181. The van der Waals surface area contributed by atoms with E-state index in [1.807, 2.05) is 6.92 Å². The molecule has 0 aromatic heterocycles. The van der Waals surface area contributed by atoms with Crippen LogP contribution in [-0.2, 0) is 9.47 Å². The highest BCUT2D eigenvalue weighted by Gasteiger charge is 2.18. The van der Waals surface area contributed by atoms with Gasteiger partial charge in [-0.25, -0.2) is 0 Å². The molecule has 0 amide bonds. The lowest BCUT2D eigenvalue weighted by molar-refractivity contribution is -0.0797. The third-order valence-electron chi connectivity index (χ3n) is 3.14. The molecule has 0 spiro atoms. The van der Waals surface area contributed by atoms with Gasteiger partial charge in [-0.15, -0.1) is 0 Å². The normalized spacial score (nSPS) is 30.9. The molecule has 2 saturated heterocycles. The molecule has 17 heavy (non-hydrogen) atoms. The molecule has 0 aromatic rings. The van der Waals surface area contributed by atoms with Gasteiger partial charge in [0.1, 0.15) is 0 Å². The molecule has 4 nitrogen and oxygen atoms in total. The zero-order valence-corrected chi connectivity index (χ0v) is 11.4. The minimum Gasteiger partial charge on any atom is -0.392 e. The average Bonchev–Trinajstić information content (AvgIpc) is 2.31. The molecule has 0 aliphatic carbocycles. The van der Waals surface area contributed by atoms with E-state index in [0.29, 0.717) is 12.1 Å². The fraction of sp³-hybridized carbons (Fsp3) is 1.00. The molecule has 1 unspecified atom stereocenters. The van der Waals surface area contributed by atoms with Crippen LogP contribution in [0, 0.1) is 0 Å². The SMILES string of the molecule is CC(C)N1CCCC(O)C1.C[C@H]1COCCO1. The van der Waals surface area contributed by atoms with Gasteiger partial charge in [-0.05, 0) is 40.2 Å². The fourth-order valence-electron chi connectivity index (χ4n) is 2.06. The van der Waals surface area contributed by atoms with Crippen LogP contribution in [-0.4, -0.2) is 61.2 Å². The zero-order chi connectivity index (χ0) is 12.7. The number of hydrogen-bond acceptors (Lipinski definition) is 4. The predicted molar refractivity (Wildman–Crippen MR) is 68.2 cm³/mol. The lowest BCUT2D eigenvalue weighted by Crippen LogP contribution is -2.42. The maximum Gasteiger partial charge on any atom is 0.0781 e. The Kier molecular flexibility index (Phi) is 7.04. The van der Waals surface area contributed by atoms with Gasteiger partial charge in [0.05, 0.1) is 32.0 Å². The second-order valence-corrected chi connectivity index (χ2v) is 5.14. The van der Waals surface area contributed by atoms with Gasteiger partial charge >= 0.3 is 0 Å². The molecule has 0 bridgehead atoms. The Morgan fingerprint density at radius 1 is 1.29 bits per heavy atom. The second kappa shape index (κ2) is 8.03. The van der Waals surface area contributed by atoms with Crippen LogP contribution in [0.3, 0.4) is 0 Å². The first kappa shape index (κ1) is 14.9. The summed E-state index contributed by atoms with van der Waals surface area (Å²) < 4.78 is 10.2. The molecule has 2 heterocycles. The summed E-state index contributed by atoms with van der Waals surface area (Å²) in [4.78, 5) is 2.33. The quantitative estimate of drug-likeness (QED) is 0.755. The highest BCUT2D eigenvalue weighted by Crippen LogP contribution is 2.11. The lowest BCUT2D eigenvalue weighted by Gasteiger charge is -2.32. The first-order valence-corrected chi connectivity index (χ1v) is 6.71. The van der Waals surface area contributed by atoms with Crippen molar-refractivity contribution in [1.29, 1.82) is 0 Å². The highest BCUT2D eigenvalue weighted by atomic mass is 16.6. The monoisotopic (exact) mass is 245 g/mol. The van der Waals surface area contributed by atoms with Crippen molar-refractivity contribution in [2.24, 2.45) is 0 Å². The Morgan fingerprint density at radius 3 is 2.41 bits per heavy atom. The molecule has 2 rings (SSSR count).